The first-order chi connectivity index (χ1) is 13.1. The van der Waals surface area contributed by atoms with E-state index in [4.69, 9.17) is 25.8 Å². The van der Waals surface area contributed by atoms with Gasteiger partial charge in [-0.2, -0.15) is 0 Å². The highest BCUT2D eigenvalue weighted by atomic mass is 35.5. The molecule has 7 heteroatoms. The first-order valence-electron chi connectivity index (χ1n) is 9.64. The summed E-state index contributed by atoms with van der Waals surface area (Å²) in [4.78, 5) is 24.7. The minimum Gasteiger partial charge on any atom is -0.466 e. The summed E-state index contributed by atoms with van der Waals surface area (Å²) in [6.45, 7) is 8.49. The molecule has 0 aromatic heterocycles. The average molecular weight is 412 g/mol. The van der Waals surface area contributed by atoms with Gasteiger partial charge >= 0.3 is 11.9 Å². The van der Waals surface area contributed by atoms with Gasteiger partial charge in [-0.05, 0) is 51.8 Å². The van der Waals surface area contributed by atoms with Crippen molar-refractivity contribution < 1.29 is 23.8 Å². The van der Waals surface area contributed by atoms with Crippen LogP contribution in [0, 0.1) is 0 Å². The van der Waals surface area contributed by atoms with Gasteiger partial charge in [0.1, 0.15) is 11.1 Å². The number of carbonyl (C=O) groups is 2. The minimum absolute atomic E-state index is 0.143. The molecule has 6 nitrogen and oxygen atoms in total. The molecule has 1 aromatic carbocycles. The van der Waals surface area contributed by atoms with E-state index in [0.717, 1.165) is 5.56 Å². The smallest absolute Gasteiger partial charge is 0.326 e. The summed E-state index contributed by atoms with van der Waals surface area (Å²) < 4.78 is 16.6. The van der Waals surface area contributed by atoms with Gasteiger partial charge in [-0.3, -0.25) is 14.9 Å². The lowest BCUT2D eigenvalue weighted by atomic mass is 9.90. The lowest BCUT2D eigenvalue weighted by Gasteiger charge is -2.31. The van der Waals surface area contributed by atoms with E-state index in [1.165, 1.54) is 0 Å². The van der Waals surface area contributed by atoms with Gasteiger partial charge in [-0.15, -0.1) is 0 Å². The molecule has 0 bridgehead atoms. The third kappa shape index (κ3) is 6.76. The van der Waals surface area contributed by atoms with E-state index < -0.39 is 11.1 Å². The molecule has 1 fully saturated rings. The first-order valence-corrected chi connectivity index (χ1v) is 10.0. The van der Waals surface area contributed by atoms with Gasteiger partial charge < -0.3 is 14.2 Å². The van der Waals surface area contributed by atoms with Crippen molar-refractivity contribution in [2.75, 3.05) is 13.2 Å². The van der Waals surface area contributed by atoms with Crippen LogP contribution in [0.3, 0.4) is 0 Å². The van der Waals surface area contributed by atoms with Crippen LogP contribution in [0.4, 0.5) is 0 Å². The molecular weight excluding hydrogens is 382 g/mol. The van der Waals surface area contributed by atoms with Crippen LogP contribution in [0.1, 0.15) is 52.5 Å². The number of hydrogen-bond donors (Lipinski definition) is 1. The molecule has 2 rings (SSSR count). The predicted molar refractivity (Wildman–Crippen MR) is 107 cm³/mol. The van der Waals surface area contributed by atoms with Crippen LogP contribution >= 0.6 is 11.6 Å². The van der Waals surface area contributed by atoms with Gasteiger partial charge in [0, 0.05) is 24.4 Å². The Bertz CT molecular complexity index is 670. The second-order valence-corrected chi connectivity index (χ2v) is 8.47. The van der Waals surface area contributed by atoms with Crippen LogP contribution in [-0.2, 0) is 30.4 Å². The van der Waals surface area contributed by atoms with Crippen LogP contribution in [0.5, 0.6) is 0 Å². The summed E-state index contributed by atoms with van der Waals surface area (Å²) in [5.41, 5.74) is -0.562. The van der Waals surface area contributed by atoms with Crippen molar-refractivity contribution in [1.82, 2.24) is 5.32 Å². The fourth-order valence-electron chi connectivity index (χ4n) is 3.13. The summed E-state index contributed by atoms with van der Waals surface area (Å²) in [7, 11) is 0. The van der Waals surface area contributed by atoms with E-state index in [-0.39, 0.29) is 24.5 Å². The number of ether oxygens (including phenoxy) is 3. The quantitative estimate of drug-likeness (QED) is 0.658. The summed E-state index contributed by atoms with van der Waals surface area (Å²) in [6, 6.07) is 7.45. The normalized spacial score (nSPS) is 22.1. The van der Waals surface area contributed by atoms with E-state index >= 15 is 0 Å². The molecule has 1 aliphatic rings. The zero-order chi connectivity index (χ0) is 20.8. The van der Waals surface area contributed by atoms with Gasteiger partial charge in [0.15, 0.2) is 0 Å². The molecule has 2 atom stereocenters. The summed E-state index contributed by atoms with van der Waals surface area (Å²) in [5.74, 6) is -0.681. The standard InChI is InChI=1S/C21H30ClNO5/c1-5-26-18(24)10-11-21(19(25)28-20(2,3)4)12-17(13-23-21)27-14-15-6-8-16(22)9-7-15/h6-9,17,23H,5,10-14H2,1-4H3/t17-,21+/m1/s1. The minimum atomic E-state index is -0.954. The molecule has 1 aromatic rings. The second-order valence-electron chi connectivity index (χ2n) is 8.03. The Hall–Kier alpha value is -1.63. The van der Waals surface area contributed by atoms with Crippen molar-refractivity contribution in [3.63, 3.8) is 0 Å². The molecule has 0 unspecified atom stereocenters. The molecule has 1 N–H and O–H groups in total. The number of halogens is 1. The van der Waals surface area contributed by atoms with Crippen molar-refractivity contribution in [3.05, 3.63) is 34.9 Å². The SMILES string of the molecule is CCOC(=O)CC[C@@]1(C(=O)OC(C)(C)C)C[C@@H](OCc2ccc(Cl)cc2)CN1. The maximum Gasteiger partial charge on any atom is 0.326 e. The Morgan fingerprint density at radius 2 is 1.93 bits per heavy atom. The maximum absolute atomic E-state index is 12.9. The van der Waals surface area contributed by atoms with Crippen LogP contribution in [-0.4, -0.2) is 42.3 Å². The zero-order valence-electron chi connectivity index (χ0n) is 17.0. The summed E-state index contributed by atoms with van der Waals surface area (Å²) >= 11 is 5.91. The van der Waals surface area contributed by atoms with E-state index in [1.54, 1.807) is 6.92 Å². The van der Waals surface area contributed by atoms with Gasteiger partial charge in [-0.1, -0.05) is 23.7 Å². The topological polar surface area (TPSA) is 73.9 Å². The fraction of sp³-hybridized carbons (Fsp3) is 0.619. The largest absolute Gasteiger partial charge is 0.466 e. The Morgan fingerprint density at radius 3 is 2.54 bits per heavy atom. The maximum atomic E-state index is 12.9. The van der Waals surface area contributed by atoms with E-state index in [2.05, 4.69) is 5.32 Å². The number of rotatable bonds is 8. The Balaban J connectivity index is 2.01. The number of carbonyl (C=O) groups excluding carboxylic acids is 2. The molecule has 0 aliphatic carbocycles. The highest BCUT2D eigenvalue weighted by Crippen LogP contribution is 2.30. The zero-order valence-corrected chi connectivity index (χ0v) is 17.8. The fourth-order valence-corrected chi connectivity index (χ4v) is 3.25. The van der Waals surface area contributed by atoms with Crippen molar-refractivity contribution in [2.24, 2.45) is 0 Å². The van der Waals surface area contributed by atoms with E-state index in [1.807, 2.05) is 45.0 Å². The average Bonchev–Trinajstić information content (AvgIpc) is 3.03. The van der Waals surface area contributed by atoms with Crippen LogP contribution in [0.15, 0.2) is 24.3 Å². The molecule has 1 heterocycles. The Morgan fingerprint density at radius 1 is 1.25 bits per heavy atom. The lowest BCUT2D eigenvalue weighted by molar-refractivity contribution is -0.163. The number of benzene rings is 1. The van der Waals surface area contributed by atoms with Gasteiger partial charge in [0.2, 0.25) is 0 Å². The molecule has 156 valence electrons. The highest BCUT2D eigenvalue weighted by molar-refractivity contribution is 6.30. The van der Waals surface area contributed by atoms with Crippen LogP contribution in [0.2, 0.25) is 5.02 Å². The third-order valence-corrected chi connectivity index (χ3v) is 4.75. The van der Waals surface area contributed by atoms with Gasteiger partial charge in [0.05, 0.1) is 19.3 Å². The number of nitrogens with one attached hydrogen (secondary N) is 1. The van der Waals surface area contributed by atoms with Crippen molar-refractivity contribution in [2.45, 2.75) is 70.8 Å². The van der Waals surface area contributed by atoms with Crippen molar-refractivity contribution >= 4 is 23.5 Å². The predicted octanol–water partition coefficient (Wildman–Crippen LogP) is 3.64. The van der Waals surface area contributed by atoms with Crippen LogP contribution in [0.25, 0.3) is 0 Å². The summed E-state index contributed by atoms with van der Waals surface area (Å²) in [5, 5.41) is 3.93. The molecule has 0 spiro atoms. The van der Waals surface area contributed by atoms with Gasteiger partial charge in [0.25, 0.3) is 0 Å². The molecule has 0 radical (unpaired) electrons. The van der Waals surface area contributed by atoms with Crippen molar-refractivity contribution in [3.8, 4) is 0 Å². The van der Waals surface area contributed by atoms with Gasteiger partial charge in [-0.25, -0.2) is 0 Å². The summed E-state index contributed by atoms with van der Waals surface area (Å²) in [6.07, 6.45) is 0.728. The Kier molecular flexibility index (Phi) is 7.87. The molecule has 1 aliphatic heterocycles. The monoisotopic (exact) mass is 411 g/mol. The van der Waals surface area contributed by atoms with E-state index in [0.29, 0.717) is 37.6 Å². The second kappa shape index (κ2) is 9.72. The van der Waals surface area contributed by atoms with E-state index in [9.17, 15) is 9.59 Å². The Labute approximate surface area is 171 Å². The lowest BCUT2D eigenvalue weighted by Crippen LogP contribution is -2.51. The molecule has 0 saturated carbocycles. The molecule has 1 saturated heterocycles. The number of hydrogen-bond acceptors (Lipinski definition) is 6. The number of esters is 2. The van der Waals surface area contributed by atoms with Crippen molar-refractivity contribution in [1.29, 1.82) is 0 Å². The molecule has 28 heavy (non-hydrogen) atoms. The first kappa shape index (κ1) is 22.7. The molecular formula is C21H30ClNO5. The molecule has 0 amide bonds. The van der Waals surface area contributed by atoms with Crippen LogP contribution < -0.4 is 5.32 Å². The highest BCUT2D eigenvalue weighted by Gasteiger charge is 2.48. The third-order valence-electron chi connectivity index (χ3n) is 4.49.